The predicted molar refractivity (Wildman–Crippen MR) is 115 cm³/mol. The molecule has 29 heavy (non-hydrogen) atoms. The summed E-state index contributed by atoms with van der Waals surface area (Å²) in [4.78, 5) is 3.11. The summed E-state index contributed by atoms with van der Waals surface area (Å²) in [6.07, 6.45) is 0.622. The summed E-state index contributed by atoms with van der Waals surface area (Å²) in [5, 5.41) is 10.3. The lowest BCUT2D eigenvalue weighted by molar-refractivity contribution is -1.02. The fraction of sp³-hybridized carbons (Fsp3) is 0.500. The molecule has 5 heteroatoms. The number of rotatable bonds is 11. The third-order valence-corrected chi connectivity index (χ3v) is 5.62. The van der Waals surface area contributed by atoms with E-state index >= 15 is 0 Å². The van der Waals surface area contributed by atoms with Crippen LogP contribution in [0.25, 0.3) is 0 Å². The zero-order chi connectivity index (χ0) is 20.3. The Morgan fingerprint density at radius 2 is 1.55 bits per heavy atom. The number of piperazine rings is 1. The van der Waals surface area contributed by atoms with Crippen LogP contribution >= 0.6 is 0 Å². The van der Waals surface area contributed by atoms with E-state index in [1.54, 1.807) is 4.90 Å². The molecule has 2 aromatic rings. The SMILES string of the molecule is CCc1ccc(OCCOC[C@@H](O)C[NH+]2CC[NH+](Cc3ccccc3)CC2)cc1. The van der Waals surface area contributed by atoms with Crippen LogP contribution in [0.1, 0.15) is 18.1 Å². The molecule has 1 fully saturated rings. The smallest absolute Gasteiger partial charge is 0.127 e. The molecule has 1 saturated heterocycles. The van der Waals surface area contributed by atoms with Gasteiger partial charge in [0.05, 0.1) is 13.2 Å². The summed E-state index contributed by atoms with van der Waals surface area (Å²) in [5.74, 6) is 0.867. The lowest BCUT2D eigenvalue weighted by Crippen LogP contribution is -3.28. The minimum Gasteiger partial charge on any atom is -0.491 e. The first-order valence-electron chi connectivity index (χ1n) is 10.9. The maximum absolute atomic E-state index is 10.3. The molecule has 0 radical (unpaired) electrons. The predicted octanol–water partition coefficient (Wildman–Crippen LogP) is -0.0111. The molecule has 1 atom stereocenters. The summed E-state index contributed by atoms with van der Waals surface area (Å²) >= 11 is 0. The zero-order valence-corrected chi connectivity index (χ0v) is 17.6. The maximum Gasteiger partial charge on any atom is 0.127 e. The van der Waals surface area contributed by atoms with Crippen LogP contribution in [0.2, 0.25) is 0 Å². The number of aliphatic hydroxyl groups is 1. The van der Waals surface area contributed by atoms with Gasteiger partial charge >= 0.3 is 0 Å². The third-order valence-electron chi connectivity index (χ3n) is 5.62. The first-order valence-corrected chi connectivity index (χ1v) is 10.9. The minimum absolute atomic E-state index is 0.377. The van der Waals surface area contributed by atoms with Crippen LogP contribution in [0, 0.1) is 0 Å². The fourth-order valence-electron chi connectivity index (χ4n) is 3.87. The standard InChI is InChI=1S/C24H34N2O3/c1-2-21-8-10-24(11-9-21)29-17-16-28-20-23(27)19-26-14-12-25(13-15-26)18-22-6-4-3-5-7-22/h3-11,23,27H,2,12-20H2,1H3/p+2/t23-/m0/s1. The first-order chi connectivity index (χ1) is 14.2. The largest absolute Gasteiger partial charge is 0.491 e. The highest BCUT2D eigenvalue weighted by Gasteiger charge is 2.24. The van der Waals surface area contributed by atoms with Crippen LogP contribution in [0.3, 0.4) is 0 Å². The van der Waals surface area contributed by atoms with Crippen LogP contribution in [0.15, 0.2) is 54.6 Å². The normalized spacial score (nSPS) is 20.3. The Bertz CT molecular complexity index is 685. The highest BCUT2D eigenvalue weighted by atomic mass is 16.5. The van der Waals surface area contributed by atoms with E-state index in [4.69, 9.17) is 9.47 Å². The van der Waals surface area contributed by atoms with Crippen molar-refractivity contribution in [3.05, 3.63) is 65.7 Å². The van der Waals surface area contributed by atoms with E-state index < -0.39 is 6.10 Å². The molecule has 0 amide bonds. The van der Waals surface area contributed by atoms with Gasteiger partial charge in [-0.15, -0.1) is 0 Å². The van der Waals surface area contributed by atoms with E-state index in [1.807, 2.05) is 12.1 Å². The minimum atomic E-state index is -0.412. The van der Waals surface area contributed by atoms with Crippen LogP contribution in [0.5, 0.6) is 5.75 Å². The number of hydrogen-bond acceptors (Lipinski definition) is 3. The molecule has 2 aromatic carbocycles. The van der Waals surface area contributed by atoms with Gasteiger partial charge in [-0.3, -0.25) is 0 Å². The summed E-state index contributed by atoms with van der Waals surface area (Å²) in [5.41, 5.74) is 2.71. The van der Waals surface area contributed by atoms with Crippen molar-refractivity contribution in [2.75, 3.05) is 52.5 Å². The summed E-state index contributed by atoms with van der Waals surface area (Å²) in [7, 11) is 0. The Morgan fingerprint density at radius 1 is 0.862 bits per heavy atom. The van der Waals surface area contributed by atoms with Gasteiger partial charge in [0.25, 0.3) is 0 Å². The van der Waals surface area contributed by atoms with Crippen molar-refractivity contribution >= 4 is 0 Å². The molecule has 3 rings (SSSR count). The average molecular weight is 401 g/mol. The van der Waals surface area contributed by atoms with Crippen molar-refractivity contribution in [2.45, 2.75) is 26.0 Å². The maximum atomic E-state index is 10.3. The average Bonchev–Trinajstić information content (AvgIpc) is 2.76. The van der Waals surface area contributed by atoms with Gasteiger partial charge in [-0.2, -0.15) is 0 Å². The number of nitrogens with one attached hydrogen (secondary N) is 2. The molecule has 1 aliphatic rings. The monoisotopic (exact) mass is 400 g/mol. The van der Waals surface area contributed by atoms with E-state index in [0.29, 0.717) is 19.8 Å². The molecule has 0 spiro atoms. The Morgan fingerprint density at radius 3 is 2.24 bits per heavy atom. The van der Waals surface area contributed by atoms with Crippen LogP contribution in [0.4, 0.5) is 0 Å². The number of ether oxygens (including phenoxy) is 2. The van der Waals surface area contributed by atoms with Gasteiger partial charge in [-0.25, -0.2) is 0 Å². The van der Waals surface area contributed by atoms with E-state index in [0.717, 1.165) is 51.4 Å². The Labute approximate surface area is 174 Å². The van der Waals surface area contributed by atoms with Crippen LogP contribution < -0.4 is 14.5 Å². The first kappa shape index (κ1) is 21.8. The summed E-state index contributed by atoms with van der Waals surface area (Å²) in [6, 6.07) is 18.9. The van der Waals surface area contributed by atoms with E-state index in [9.17, 15) is 5.11 Å². The molecular formula is C24H36N2O3+2. The number of aliphatic hydroxyl groups excluding tert-OH is 1. The molecule has 0 unspecified atom stereocenters. The molecule has 0 aliphatic carbocycles. The van der Waals surface area contributed by atoms with Crippen molar-refractivity contribution in [3.8, 4) is 5.75 Å². The van der Waals surface area contributed by atoms with E-state index in [1.165, 1.54) is 16.0 Å². The van der Waals surface area contributed by atoms with Gasteiger partial charge in [0.1, 0.15) is 57.7 Å². The van der Waals surface area contributed by atoms with Crippen molar-refractivity contribution in [1.82, 2.24) is 0 Å². The molecule has 158 valence electrons. The van der Waals surface area contributed by atoms with Crippen molar-refractivity contribution < 1.29 is 24.4 Å². The van der Waals surface area contributed by atoms with Crippen molar-refractivity contribution in [3.63, 3.8) is 0 Å². The van der Waals surface area contributed by atoms with Gasteiger partial charge in [0.15, 0.2) is 0 Å². The van der Waals surface area contributed by atoms with Gasteiger partial charge in [-0.05, 0) is 24.1 Å². The molecule has 5 nitrogen and oxygen atoms in total. The molecule has 0 aromatic heterocycles. The highest BCUT2D eigenvalue weighted by Crippen LogP contribution is 2.12. The summed E-state index contributed by atoms with van der Waals surface area (Å²) in [6.45, 7) is 9.91. The molecule has 1 aliphatic heterocycles. The Balaban J connectivity index is 1.24. The van der Waals surface area contributed by atoms with Crippen LogP contribution in [-0.2, 0) is 17.7 Å². The zero-order valence-electron chi connectivity index (χ0n) is 17.6. The highest BCUT2D eigenvalue weighted by molar-refractivity contribution is 5.27. The van der Waals surface area contributed by atoms with Crippen LogP contribution in [-0.4, -0.2) is 63.8 Å². The lowest BCUT2D eigenvalue weighted by atomic mass is 10.2. The second kappa shape index (κ2) is 11.9. The van der Waals surface area contributed by atoms with E-state index in [2.05, 4.69) is 49.4 Å². The lowest BCUT2D eigenvalue weighted by Gasteiger charge is -2.30. The number of quaternary nitrogens is 2. The summed E-state index contributed by atoms with van der Waals surface area (Å²) < 4.78 is 11.3. The fourth-order valence-corrected chi connectivity index (χ4v) is 3.87. The quantitative estimate of drug-likeness (QED) is 0.465. The molecular weight excluding hydrogens is 364 g/mol. The second-order valence-electron chi connectivity index (χ2n) is 7.94. The molecule has 0 bridgehead atoms. The van der Waals surface area contributed by atoms with Gasteiger partial charge in [-0.1, -0.05) is 49.4 Å². The second-order valence-corrected chi connectivity index (χ2v) is 7.94. The number of hydrogen-bond donors (Lipinski definition) is 3. The molecule has 1 heterocycles. The van der Waals surface area contributed by atoms with Gasteiger partial charge in [0.2, 0.25) is 0 Å². The van der Waals surface area contributed by atoms with Gasteiger partial charge < -0.3 is 24.4 Å². The third kappa shape index (κ3) is 7.78. The Kier molecular flexibility index (Phi) is 8.96. The van der Waals surface area contributed by atoms with Crippen molar-refractivity contribution in [1.29, 1.82) is 0 Å². The Hall–Kier alpha value is -1.92. The molecule has 3 N–H and O–H groups in total. The van der Waals surface area contributed by atoms with Crippen molar-refractivity contribution in [2.24, 2.45) is 0 Å². The van der Waals surface area contributed by atoms with Gasteiger partial charge in [0, 0.05) is 5.56 Å². The number of aryl methyl sites for hydroxylation is 1. The van der Waals surface area contributed by atoms with E-state index in [-0.39, 0.29) is 0 Å². The molecule has 0 saturated carbocycles. The number of benzene rings is 2. The topological polar surface area (TPSA) is 47.6 Å².